The molecule has 0 aliphatic heterocycles. The van der Waals surface area contributed by atoms with Gasteiger partial charge in [0.05, 0.1) is 5.92 Å². The van der Waals surface area contributed by atoms with Crippen molar-refractivity contribution in [3.05, 3.63) is 57.8 Å². The molecule has 1 N–H and O–H groups in total. The highest BCUT2D eigenvalue weighted by atomic mass is 16.5. The fourth-order valence-corrected chi connectivity index (χ4v) is 2.31. The van der Waals surface area contributed by atoms with Gasteiger partial charge in [0.2, 0.25) is 5.43 Å². The highest BCUT2D eigenvalue weighted by molar-refractivity contribution is 5.77. The third-order valence-corrected chi connectivity index (χ3v) is 3.58. The van der Waals surface area contributed by atoms with Gasteiger partial charge in [0.15, 0.2) is 0 Å². The molecule has 0 spiro atoms. The topological polar surface area (TPSA) is 84.9 Å². The summed E-state index contributed by atoms with van der Waals surface area (Å²) in [4.78, 5) is 27.6. The van der Waals surface area contributed by atoms with E-state index >= 15 is 0 Å². The second kappa shape index (κ2) is 5.47. The van der Waals surface area contributed by atoms with Gasteiger partial charge in [-0.15, -0.1) is 0 Å². The largest absolute Gasteiger partial charge is 0.459 e. The van der Waals surface area contributed by atoms with E-state index in [0.29, 0.717) is 5.69 Å². The molecule has 2 aromatic heterocycles. The van der Waals surface area contributed by atoms with Gasteiger partial charge in [-0.2, -0.15) is 5.10 Å². The second-order valence-electron chi connectivity index (χ2n) is 5.20. The summed E-state index contributed by atoms with van der Waals surface area (Å²) in [5.41, 5.74) is 1.77. The molecule has 1 fully saturated rings. The molecule has 6 nitrogen and oxygen atoms in total. The van der Waals surface area contributed by atoms with Crippen molar-refractivity contribution in [1.29, 1.82) is 0 Å². The molecule has 0 amide bonds. The molecule has 0 radical (unpaired) electrons. The zero-order chi connectivity index (χ0) is 14.8. The molecule has 1 aliphatic carbocycles. The number of aryl methyl sites for hydroxylation is 1. The SMILES string of the molecule is Cc1cc(=O)c(COC(=O)[C@@H]2C[C@H]2c2ccncc2)n[nH]1. The Hall–Kier alpha value is -2.50. The van der Waals surface area contributed by atoms with Gasteiger partial charge in [0.1, 0.15) is 12.3 Å². The van der Waals surface area contributed by atoms with Gasteiger partial charge in [0, 0.05) is 24.2 Å². The van der Waals surface area contributed by atoms with E-state index in [-0.39, 0.29) is 35.5 Å². The van der Waals surface area contributed by atoms with Gasteiger partial charge >= 0.3 is 5.97 Å². The molecule has 1 aliphatic rings. The zero-order valence-corrected chi connectivity index (χ0v) is 11.6. The molecule has 6 heteroatoms. The average Bonchev–Trinajstić information content (AvgIpc) is 3.27. The molecule has 0 unspecified atom stereocenters. The number of pyridine rings is 1. The summed E-state index contributed by atoms with van der Waals surface area (Å²) < 4.78 is 5.19. The van der Waals surface area contributed by atoms with E-state index in [0.717, 1.165) is 12.0 Å². The van der Waals surface area contributed by atoms with Gasteiger partial charge in [0.25, 0.3) is 0 Å². The number of aromatic nitrogens is 3. The first-order chi connectivity index (χ1) is 10.1. The Morgan fingerprint density at radius 2 is 2.19 bits per heavy atom. The lowest BCUT2D eigenvalue weighted by Crippen LogP contribution is -2.17. The van der Waals surface area contributed by atoms with Crippen molar-refractivity contribution >= 4 is 5.97 Å². The smallest absolute Gasteiger partial charge is 0.309 e. The van der Waals surface area contributed by atoms with E-state index in [1.807, 2.05) is 12.1 Å². The molecule has 108 valence electrons. The number of nitrogens with one attached hydrogen (secondary N) is 1. The summed E-state index contributed by atoms with van der Waals surface area (Å²) in [6.07, 6.45) is 4.21. The monoisotopic (exact) mass is 285 g/mol. The number of rotatable bonds is 4. The Kier molecular flexibility index (Phi) is 3.51. The van der Waals surface area contributed by atoms with Crippen LogP contribution in [0.3, 0.4) is 0 Å². The number of aromatic amines is 1. The summed E-state index contributed by atoms with van der Waals surface area (Å²) in [5, 5.41) is 6.58. The van der Waals surface area contributed by atoms with Gasteiger partial charge in [-0.05, 0) is 37.0 Å². The van der Waals surface area contributed by atoms with E-state index in [1.54, 1.807) is 19.3 Å². The Morgan fingerprint density at radius 1 is 1.43 bits per heavy atom. The summed E-state index contributed by atoms with van der Waals surface area (Å²) >= 11 is 0. The molecule has 1 saturated carbocycles. The lowest BCUT2D eigenvalue weighted by atomic mass is 10.1. The molecule has 2 aromatic rings. The van der Waals surface area contributed by atoms with Crippen LogP contribution in [0.2, 0.25) is 0 Å². The number of esters is 1. The molecular weight excluding hydrogens is 270 g/mol. The van der Waals surface area contributed by atoms with Gasteiger partial charge in [-0.1, -0.05) is 0 Å². The minimum Gasteiger partial charge on any atom is -0.459 e. The van der Waals surface area contributed by atoms with Crippen LogP contribution in [0.4, 0.5) is 0 Å². The summed E-state index contributed by atoms with van der Waals surface area (Å²) in [5.74, 6) is -0.208. The number of carbonyl (C=O) groups is 1. The molecule has 0 saturated heterocycles. The standard InChI is InChI=1S/C15H15N3O3/c1-9-6-14(19)13(18-17-9)8-21-15(20)12-7-11(12)10-2-4-16-5-3-10/h2-6,11-12H,7-8H2,1H3,(H,17,19)/t11-,12+/m0/s1. The van der Waals surface area contributed by atoms with Crippen LogP contribution in [0.25, 0.3) is 0 Å². The fourth-order valence-electron chi connectivity index (χ4n) is 2.31. The molecule has 2 heterocycles. The van der Waals surface area contributed by atoms with Crippen LogP contribution in [-0.4, -0.2) is 21.2 Å². The van der Waals surface area contributed by atoms with Crippen molar-refractivity contribution in [3.8, 4) is 0 Å². The lowest BCUT2D eigenvalue weighted by Gasteiger charge is -2.04. The second-order valence-corrected chi connectivity index (χ2v) is 5.20. The normalized spacial score (nSPS) is 20.0. The van der Waals surface area contributed by atoms with E-state index < -0.39 is 0 Å². The first-order valence-corrected chi connectivity index (χ1v) is 6.77. The van der Waals surface area contributed by atoms with Crippen molar-refractivity contribution in [2.75, 3.05) is 0 Å². The molecular formula is C15H15N3O3. The maximum Gasteiger partial charge on any atom is 0.309 e. The summed E-state index contributed by atoms with van der Waals surface area (Å²) in [6.45, 7) is 1.65. The third kappa shape index (κ3) is 2.99. The number of nitrogens with zero attached hydrogens (tertiary/aromatic N) is 2. The lowest BCUT2D eigenvalue weighted by molar-refractivity contribution is -0.146. The molecule has 0 aromatic carbocycles. The minimum absolute atomic E-state index is 0.0893. The first-order valence-electron chi connectivity index (χ1n) is 6.77. The van der Waals surface area contributed by atoms with Crippen LogP contribution in [0.1, 0.15) is 29.3 Å². The van der Waals surface area contributed by atoms with Crippen LogP contribution >= 0.6 is 0 Å². The summed E-state index contributed by atoms with van der Waals surface area (Å²) in [6, 6.07) is 5.25. The minimum atomic E-state index is -0.279. The van der Waals surface area contributed by atoms with E-state index in [1.165, 1.54) is 6.07 Å². The first kappa shape index (κ1) is 13.5. The van der Waals surface area contributed by atoms with Crippen LogP contribution < -0.4 is 5.43 Å². The molecule has 21 heavy (non-hydrogen) atoms. The van der Waals surface area contributed by atoms with E-state index in [9.17, 15) is 9.59 Å². The highest BCUT2D eigenvalue weighted by Gasteiger charge is 2.45. The van der Waals surface area contributed by atoms with Crippen LogP contribution in [0, 0.1) is 12.8 Å². The molecule has 0 bridgehead atoms. The average molecular weight is 285 g/mol. The van der Waals surface area contributed by atoms with Gasteiger partial charge < -0.3 is 4.74 Å². The predicted molar refractivity (Wildman–Crippen MR) is 74.5 cm³/mol. The number of carbonyl (C=O) groups excluding carboxylic acids is 1. The van der Waals surface area contributed by atoms with Crippen molar-refractivity contribution in [3.63, 3.8) is 0 Å². The van der Waals surface area contributed by atoms with Gasteiger partial charge in [-0.25, -0.2) is 0 Å². The Morgan fingerprint density at radius 3 is 2.90 bits per heavy atom. The zero-order valence-electron chi connectivity index (χ0n) is 11.6. The Bertz CT molecular complexity index is 712. The third-order valence-electron chi connectivity index (χ3n) is 3.58. The number of hydrogen-bond acceptors (Lipinski definition) is 5. The predicted octanol–water partition coefficient (Wildman–Crippen LogP) is 1.32. The fraction of sp³-hybridized carbons (Fsp3) is 0.333. The van der Waals surface area contributed by atoms with Crippen molar-refractivity contribution < 1.29 is 9.53 Å². The maximum atomic E-state index is 12.0. The van der Waals surface area contributed by atoms with Crippen molar-refractivity contribution in [1.82, 2.24) is 15.2 Å². The van der Waals surface area contributed by atoms with E-state index in [2.05, 4.69) is 15.2 Å². The Labute approximate surface area is 121 Å². The number of hydrogen-bond donors (Lipinski definition) is 1. The molecule has 2 atom stereocenters. The van der Waals surface area contributed by atoms with Crippen molar-refractivity contribution in [2.45, 2.75) is 25.9 Å². The summed E-state index contributed by atoms with van der Waals surface area (Å²) in [7, 11) is 0. The number of H-pyrrole nitrogens is 1. The quantitative estimate of drug-likeness (QED) is 0.856. The van der Waals surface area contributed by atoms with Gasteiger partial charge in [-0.3, -0.25) is 19.7 Å². The molecule has 3 rings (SSSR count). The number of ether oxygens (including phenoxy) is 1. The van der Waals surface area contributed by atoms with E-state index in [4.69, 9.17) is 4.74 Å². The highest BCUT2D eigenvalue weighted by Crippen LogP contribution is 2.47. The van der Waals surface area contributed by atoms with Crippen molar-refractivity contribution in [2.24, 2.45) is 5.92 Å². The Balaban J connectivity index is 1.57. The maximum absolute atomic E-state index is 12.0. The van der Waals surface area contributed by atoms with Crippen LogP contribution in [-0.2, 0) is 16.1 Å². The van der Waals surface area contributed by atoms with Crippen LogP contribution in [0.15, 0.2) is 35.4 Å². The van der Waals surface area contributed by atoms with Crippen LogP contribution in [0.5, 0.6) is 0 Å².